The van der Waals surface area contributed by atoms with Gasteiger partial charge in [0.25, 0.3) is 17.7 Å². The van der Waals surface area contributed by atoms with Crippen LogP contribution in [0.25, 0.3) is 0 Å². The predicted molar refractivity (Wildman–Crippen MR) is 208 cm³/mol. The molecule has 4 aliphatic heterocycles. The quantitative estimate of drug-likeness (QED) is 0.278. The number of carbonyl (C=O) groups is 5. The van der Waals surface area contributed by atoms with Crippen molar-refractivity contribution in [3.63, 3.8) is 0 Å². The van der Waals surface area contributed by atoms with E-state index in [1.54, 1.807) is 42.5 Å². The molecule has 1 saturated carbocycles. The van der Waals surface area contributed by atoms with Crippen LogP contribution in [-0.4, -0.2) is 77.2 Å². The second-order valence-electron chi connectivity index (χ2n) is 17.2. The van der Waals surface area contributed by atoms with Gasteiger partial charge in [-0.3, -0.25) is 39.1 Å². The number of halogens is 2. The lowest BCUT2D eigenvalue weighted by molar-refractivity contribution is -0.164. The number of rotatable bonds is 8. The van der Waals surface area contributed by atoms with E-state index in [1.807, 2.05) is 38.7 Å². The Labute approximate surface area is 335 Å². The van der Waals surface area contributed by atoms with Crippen LogP contribution in [0.1, 0.15) is 101 Å². The molecule has 8 rings (SSSR count). The number of nitrogens with zero attached hydrogens (tertiary/aromatic N) is 4. The van der Waals surface area contributed by atoms with Gasteiger partial charge in [0.1, 0.15) is 29.8 Å². The van der Waals surface area contributed by atoms with E-state index in [0.29, 0.717) is 65.2 Å². The second-order valence-corrected chi connectivity index (χ2v) is 17.6. The van der Waals surface area contributed by atoms with Crippen LogP contribution in [0.4, 0.5) is 10.1 Å². The van der Waals surface area contributed by atoms with E-state index in [0.717, 1.165) is 35.4 Å². The van der Waals surface area contributed by atoms with Crippen LogP contribution in [0.3, 0.4) is 0 Å². The molecular formula is C43H44ClFN6O6. The van der Waals surface area contributed by atoms with Gasteiger partial charge in [-0.15, -0.1) is 0 Å². The monoisotopic (exact) mass is 794 g/mol. The molecule has 14 heteroatoms. The van der Waals surface area contributed by atoms with Crippen LogP contribution in [0.15, 0.2) is 48.5 Å². The van der Waals surface area contributed by atoms with Crippen LogP contribution in [0, 0.1) is 33.9 Å². The lowest BCUT2D eigenvalue weighted by atomic mass is 9.49. The van der Waals surface area contributed by atoms with Crippen molar-refractivity contribution in [2.75, 3.05) is 24.5 Å². The second kappa shape index (κ2) is 14.3. The summed E-state index contributed by atoms with van der Waals surface area (Å²) in [6, 6.07) is 14.0. The lowest BCUT2D eigenvalue weighted by Crippen LogP contribution is -2.74. The summed E-state index contributed by atoms with van der Waals surface area (Å²) in [6.45, 7) is 11.5. The molecule has 3 aromatic rings. The number of ether oxygens (including phenoxy) is 1. The molecule has 5 amide bonds. The van der Waals surface area contributed by atoms with Gasteiger partial charge in [-0.25, -0.2) is 4.39 Å². The molecule has 0 bridgehead atoms. The van der Waals surface area contributed by atoms with Crippen molar-refractivity contribution < 1.29 is 33.1 Å². The zero-order valence-corrected chi connectivity index (χ0v) is 33.0. The van der Waals surface area contributed by atoms with Gasteiger partial charge >= 0.3 is 0 Å². The Hall–Kier alpha value is -5.32. The number of carbonyl (C=O) groups excluding carboxylic acids is 5. The van der Waals surface area contributed by atoms with Gasteiger partial charge in [0, 0.05) is 67.6 Å². The van der Waals surface area contributed by atoms with Crippen LogP contribution in [-0.2, 0) is 22.7 Å². The average molecular weight is 795 g/mol. The third-order valence-corrected chi connectivity index (χ3v) is 13.0. The van der Waals surface area contributed by atoms with Crippen molar-refractivity contribution >= 4 is 46.8 Å². The minimum Gasteiger partial charge on any atom is -0.489 e. The first-order valence-electron chi connectivity index (χ1n) is 19.4. The zero-order valence-electron chi connectivity index (χ0n) is 32.3. The number of nitrogens with one attached hydrogen (secondary N) is 2. The van der Waals surface area contributed by atoms with Crippen molar-refractivity contribution in [2.45, 2.75) is 84.7 Å². The number of piperidine rings is 2. The average Bonchev–Trinajstić information content (AvgIpc) is 3.67. The third kappa shape index (κ3) is 6.72. The van der Waals surface area contributed by atoms with Crippen molar-refractivity contribution in [2.24, 2.45) is 16.7 Å². The molecule has 3 aromatic carbocycles. The summed E-state index contributed by atoms with van der Waals surface area (Å²) in [5, 5.41) is 14.9. The molecule has 2 N–H and O–H groups in total. The largest absolute Gasteiger partial charge is 0.489 e. The van der Waals surface area contributed by atoms with E-state index in [1.165, 1.54) is 6.07 Å². The standard InChI is InChI=1S/C43H44ClFN6O6/c1-42(2)40(43(3,4)41(42)57-28-7-5-25(19-46)31(44)18-28)48-36(53)24-6-8-33(32(45)17-24)50-13-11-23(12-14-50)20-49-21-26-15-29-30(16-27(26)22-49)39(56)51(38(29)55)34-9-10-35(52)47-37(34)54/h5-8,15-18,23,34,40-41H,9-14,20-22H2,1-4H3,(H,48,53)(H,47,52,54)/t34?,40-,41-. The highest BCUT2D eigenvalue weighted by molar-refractivity contribution is 6.31. The Morgan fingerprint density at radius 1 is 0.947 bits per heavy atom. The van der Waals surface area contributed by atoms with Gasteiger partial charge in [-0.05, 0) is 78.8 Å². The normalized spacial score (nSPS) is 24.1. The number of nitriles is 1. The maximum Gasteiger partial charge on any atom is 0.262 e. The van der Waals surface area contributed by atoms with Crippen LogP contribution in [0.2, 0.25) is 5.02 Å². The molecule has 0 aromatic heterocycles. The molecule has 12 nitrogen and oxygen atoms in total. The van der Waals surface area contributed by atoms with Crippen molar-refractivity contribution in [1.29, 1.82) is 5.26 Å². The predicted octanol–water partition coefficient (Wildman–Crippen LogP) is 5.60. The number of amides is 5. The first-order chi connectivity index (χ1) is 27.1. The molecule has 1 atom stereocenters. The molecule has 5 aliphatic rings. The zero-order chi connectivity index (χ0) is 40.6. The van der Waals surface area contributed by atoms with E-state index < -0.39 is 46.3 Å². The molecule has 2 saturated heterocycles. The summed E-state index contributed by atoms with van der Waals surface area (Å²) < 4.78 is 22.0. The fraction of sp³-hybridized carbons (Fsp3) is 0.442. The van der Waals surface area contributed by atoms with E-state index in [2.05, 4.69) is 15.5 Å². The van der Waals surface area contributed by atoms with Crippen molar-refractivity contribution in [1.82, 2.24) is 20.4 Å². The minimum absolute atomic E-state index is 0.0748. The molecule has 4 heterocycles. The summed E-state index contributed by atoms with van der Waals surface area (Å²) in [5.74, 6) is -1.93. The van der Waals surface area contributed by atoms with Crippen LogP contribution >= 0.6 is 11.6 Å². The van der Waals surface area contributed by atoms with Crippen LogP contribution < -0.4 is 20.3 Å². The van der Waals surface area contributed by atoms with E-state index >= 15 is 4.39 Å². The van der Waals surface area contributed by atoms with Gasteiger partial charge in [0.05, 0.1) is 27.4 Å². The maximum atomic E-state index is 15.7. The molecule has 1 unspecified atom stereocenters. The number of benzene rings is 3. The van der Waals surface area contributed by atoms with Gasteiger partial charge in [-0.2, -0.15) is 5.26 Å². The van der Waals surface area contributed by atoms with Crippen molar-refractivity contribution in [3.05, 3.63) is 92.8 Å². The van der Waals surface area contributed by atoms with Gasteiger partial charge in [0.2, 0.25) is 11.8 Å². The molecule has 0 radical (unpaired) electrons. The summed E-state index contributed by atoms with van der Waals surface area (Å²) in [7, 11) is 0. The fourth-order valence-electron chi connectivity index (χ4n) is 10.0. The number of hydrogen-bond donors (Lipinski definition) is 2. The smallest absolute Gasteiger partial charge is 0.262 e. The van der Waals surface area contributed by atoms with Gasteiger partial charge in [0.15, 0.2) is 0 Å². The highest BCUT2D eigenvalue weighted by atomic mass is 35.5. The van der Waals surface area contributed by atoms with Crippen molar-refractivity contribution in [3.8, 4) is 11.8 Å². The first kappa shape index (κ1) is 38.5. The Morgan fingerprint density at radius 2 is 1.60 bits per heavy atom. The number of fused-ring (bicyclic) bond motifs is 2. The highest BCUT2D eigenvalue weighted by Gasteiger charge is 2.64. The van der Waals surface area contributed by atoms with E-state index in [-0.39, 0.29) is 36.5 Å². The van der Waals surface area contributed by atoms with Gasteiger partial charge in [-0.1, -0.05) is 39.3 Å². The Morgan fingerprint density at radius 3 is 2.18 bits per heavy atom. The number of imide groups is 2. The van der Waals surface area contributed by atoms with Crippen LogP contribution in [0.5, 0.6) is 5.75 Å². The molecule has 296 valence electrons. The topological polar surface area (TPSA) is 152 Å². The third-order valence-electron chi connectivity index (χ3n) is 12.7. The fourth-order valence-corrected chi connectivity index (χ4v) is 10.2. The molecular weight excluding hydrogens is 751 g/mol. The summed E-state index contributed by atoms with van der Waals surface area (Å²) in [5.41, 5.74) is 2.71. The van der Waals surface area contributed by atoms with E-state index in [9.17, 15) is 29.2 Å². The Balaban J connectivity index is 0.838. The molecule has 1 aliphatic carbocycles. The first-order valence-corrected chi connectivity index (χ1v) is 19.8. The minimum atomic E-state index is -0.991. The van der Waals surface area contributed by atoms with Gasteiger partial charge < -0.3 is 15.0 Å². The summed E-state index contributed by atoms with van der Waals surface area (Å²) in [6.07, 6.45) is 1.64. The number of anilines is 1. The maximum absolute atomic E-state index is 15.7. The Bertz CT molecular complexity index is 2220. The SMILES string of the molecule is CC1(C)[C@H](NC(=O)c2ccc(N3CCC(CN4Cc5cc6c(cc5C4)C(=O)N(C4CCC(=O)NC4=O)C6=O)CC3)c(F)c2)C(C)(C)[C@H]1Oc1ccc(C#N)c(Cl)c1. The Kier molecular flexibility index (Phi) is 9.64. The summed E-state index contributed by atoms with van der Waals surface area (Å²) >= 11 is 6.23. The molecule has 0 spiro atoms. The molecule has 3 fully saturated rings. The molecule has 57 heavy (non-hydrogen) atoms. The number of hydrogen-bond acceptors (Lipinski definition) is 9. The lowest BCUT2D eigenvalue weighted by Gasteiger charge is -2.63. The summed E-state index contributed by atoms with van der Waals surface area (Å²) in [4.78, 5) is 69.5. The van der Waals surface area contributed by atoms with E-state index in [4.69, 9.17) is 16.3 Å². The highest BCUT2D eigenvalue weighted by Crippen LogP contribution is 2.55.